The number of hydrogen-bond acceptors (Lipinski definition) is 3. The minimum atomic E-state index is -4.89. The van der Waals surface area contributed by atoms with Gasteiger partial charge in [0.05, 0.1) is 6.54 Å². The lowest BCUT2D eigenvalue weighted by Crippen LogP contribution is -2.47. The number of hydrogen-bond donors (Lipinski definition) is 3. The van der Waals surface area contributed by atoms with E-state index in [4.69, 9.17) is 0 Å². The Morgan fingerprint density at radius 2 is 1.71 bits per heavy atom. The normalized spacial score (nSPS) is 13.7. The summed E-state index contributed by atoms with van der Waals surface area (Å²) in [6, 6.07) is 9.06. The number of amides is 1. The smallest absolute Gasteiger partial charge is 0.381 e. The first kappa shape index (κ1) is 22.7. The van der Waals surface area contributed by atoms with E-state index in [9.17, 15) is 23.1 Å². The van der Waals surface area contributed by atoms with Gasteiger partial charge in [-0.15, -0.1) is 0 Å². The SMILES string of the molecule is CC(=O)NCc1ccc(NC[C@](O)(c2cc(Br)cc(Br)c2)C(F)(F)F)cc1C. The standard InChI is InChI=1S/C19H19Br2F3N2O2/c1-11-5-17(4-3-13(11)9-25-12(2)27)26-10-18(28,19(22,23)24)14-6-15(20)8-16(21)7-14/h3-8,26,28H,9-10H2,1-2H3,(H,25,27)/t18-/m0/s1. The molecule has 0 heterocycles. The second kappa shape index (κ2) is 8.84. The van der Waals surface area contributed by atoms with E-state index in [2.05, 4.69) is 42.5 Å². The maximum absolute atomic E-state index is 13.7. The van der Waals surface area contributed by atoms with Crippen molar-refractivity contribution in [3.8, 4) is 0 Å². The maximum Gasteiger partial charge on any atom is 0.423 e. The second-order valence-electron chi connectivity index (χ2n) is 6.42. The Morgan fingerprint density at radius 3 is 2.21 bits per heavy atom. The number of carbonyl (C=O) groups is 1. The summed E-state index contributed by atoms with van der Waals surface area (Å²) in [5.74, 6) is -0.169. The molecular formula is C19H19Br2F3N2O2. The summed E-state index contributed by atoms with van der Waals surface area (Å²) in [5.41, 5.74) is -1.28. The van der Waals surface area contributed by atoms with Crippen LogP contribution in [0.5, 0.6) is 0 Å². The number of rotatable bonds is 6. The highest BCUT2D eigenvalue weighted by molar-refractivity contribution is 9.11. The Balaban J connectivity index is 2.25. The first-order valence-electron chi connectivity index (χ1n) is 8.26. The van der Waals surface area contributed by atoms with Crippen LogP contribution in [0.4, 0.5) is 18.9 Å². The van der Waals surface area contributed by atoms with Gasteiger partial charge in [-0.25, -0.2) is 0 Å². The zero-order chi connectivity index (χ0) is 21.1. The molecule has 0 saturated carbocycles. The molecule has 0 saturated heterocycles. The molecule has 9 heteroatoms. The number of aliphatic hydroxyl groups is 1. The van der Waals surface area contributed by atoms with Crippen LogP contribution in [0.1, 0.15) is 23.6 Å². The van der Waals surface area contributed by atoms with Gasteiger partial charge in [0.2, 0.25) is 11.5 Å². The lowest BCUT2D eigenvalue weighted by molar-refractivity contribution is -0.260. The molecule has 0 aliphatic carbocycles. The van der Waals surface area contributed by atoms with Gasteiger partial charge in [-0.3, -0.25) is 4.79 Å². The summed E-state index contributed by atoms with van der Waals surface area (Å²) in [5, 5.41) is 15.9. The zero-order valence-electron chi connectivity index (χ0n) is 15.1. The average molecular weight is 524 g/mol. The van der Waals surface area contributed by atoms with Gasteiger partial charge in [0.1, 0.15) is 0 Å². The van der Waals surface area contributed by atoms with Crippen LogP contribution in [0.25, 0.3) is 0 Å². The summed E-state index contributed by atoms with van der Waals surface area (Å²) in [7, 11) is 0. The fourth-order valence-electron chi connectivity index (χ4n) is 2.61. The number of benzene rings is 2. The number of anilines is 1. The minimum Gasteiger partial charge on any atom is -0.381 e. The molecule has 0 radical (unpaired) electrons. The van der Waals surface area contributed by atoms with E-state index in [1.807, 2.05) is 0 Å². The third-order valence-corrected chi connectivity index (χ3v) is 5.14. The zero-order valence-corrected chi connectivity index (χ0v) is 18.3. The lowest BCUT2D eigenvalue weighted by Gasteiger charge is -2.32. The number of carbonyl (C=O) groups excluding carboxylic acids is 1. The van der Waals surface area contributed by atoms with E-state index < -0.39 is 18.3 Å². The van der Waals surface area contributed by atoms with Crippen LogP contribution >= 0.6 is 31.9 Å². The highest BCUT2D eigenvalue weighted by Gasteiger charge is 2.55. The van der Waals surface area contributed by atoms with Crippen LogP contribution < -0.4 is 10.6 Å². The molecule has 0 spiro atoms. The summed E-state index contributed by atoms with van der Waals surface area (Å²) < 4.78 is 42.0. The van der Waals surface area contributed by atoms with Gasteiger partial charge in [-0.05, 0) is 53.9 Å². The van der Waals surface area contributed by atoms with Gasteiger partial charge < -0.3 is 15.7 Å². The van der Waals surface area contributed by atoms with Gasteiger partial charge in [0.25, 0.3) is 0 Å². The minimum absolute atomic E-state index is 0.169. The number of nitrogens with one attached hydrogen (secondary N) is 2. The van der Waals surface area contributed by atoms with Crippen molar-refractivity contribution < 1.29 is 23.1 Å². The maximum atomic E-state index is 13.7. The average Bonchev–Trinajstić information content (AvgIpc) is 2.56. The van der Waals surface area contributed by atoms with Crippen LogP contribution in [-0.2, 0) is 16.9 Å². The number of alkyl halides is 3. The number of halogens is 5. The summed E-state index contributed by atoms with van der Waals surface area (Å²) >= 11 is 6.30. The van der Waals surface area contributed by atoms with Crippen molar-refractivity contribution in [1.29, 1.82) is 0 Å². The molecule has 152 valence electrons. The van der Waals surface area contributed by atoms with E-state index in [0.29, 0.717) is 21.2 Å². The molecule has 4 nitrogen and oxygen atoms in total. The molecule has 0 aromatic heterocycles. The molecular weight excluding hydrogens is 505 g/mol. The summed E-state index contributed by atoms with van der Waals surface area (Å²) in [4.78, 5) is 11.0. The van der Waals surface area contributed by atoms with Crippen LogP contribution in [0.3, 0.4) is 0 Å². The lowest BCUT2D eigenvalue weighted by atomic mass is 9.92. The predicted octanol–water partition coefficient (Wildman–Crippen LogP) is 5.02. The summed E-state index contributed by atoms with van der Waals surface area (Å²) in [6.07, 6.45) is -4.89. The van der Waals surface area contributed by atoms with E-state index in [0.717, 1.165) is 11.1 Å². The van der Waals surface area contributed by atoms with Gasteiger partial charge in [0.15, 0.2) is 0 Å². The fraction of sp³-hybridized carbons (Fsp3) is 0.316. The summed E-state index contributed by atoms with van der Waals surface area (Å²) in [6.45, 7) is 2.77. The molecule has 28 heavy (non-hydrogen) atoms. The second-order valence-corrected chi connectivity index (χ2v) is 8.25. The Bertz CT molecular complexity index is 854. The molecule has 3 N–H and O–H groups in total. The Hall–Kier alpha value is -1.58. The highest BCUT2D eigenvalue weighted by atomic mass is 79.9. The van der Waals surface area contributed by atoms with Crippen molar-refractivity contribution in [2.24, 2.45) is 0 Å². The Labute approximate surface area is 177 Å². The largest absolute Gasteiger partial charge is 0.423 e. The van der Waals surface area contributed by atoms with E-state index in [-0.39, 0.29) is 11.5 Å². The number of aryl methyl sites for hydroxylation is 1. The van der Waals surface area contributed by atoms with E-state index in [1.54, 1.807) is 31.2 Å². The van der Waals surface area contributed by atoms with Gasteiger partial charge in [-0.1, -0.05) is 37.9 Å². The van der Waals surface area contributed by atoms with Crippen molar-refractivity contribution in [2.75, 3.05) is 11.9 Å². The molecule has 1 amide bonds. The van der Waals surface area contributed by atoms with E-state index >= 15 is 0 Å². The first-order valence-corrected chi connectivity index (χ1v) is 9.84. The molecule has 2 aromatic carbocycles. The van der Waals surface area contributed by atoms with Crippen LogP contribution in [0.15, 0.2) is 45.3 Å². The quantitative estimate of drug-likeness (QED) is 0.498. The van der Waals surface area contributed by atoms with Crippen molar-refractivity contribution in [1.82, 2.24) is 5.32 Å². The topological polar surface area (TPSA) is 61.4 Å². The molecule has 0 bridgehead atoms. The van der Waals surface area contributed by atoms with E-state index in [1.165, 1.54) is 19.1 Å². The molecule has 2 rings (SSSR count). The van der Waals surface area contributed by atoms with Crippen LogP contribution in [0, 0.1) is 6.92 Å². The fourth-order valence-corrected chi connectivity index (χ4v) is 3.91. The molecule has 1 atom stereocenters. The first-order chi connectivity index (χ1) is 12.9. The molecule has 0 unspecified atom stereocenters. The third-order valence-electron chi connectivity index (χ3n) is 4.23. The highest BCUT2D eigenvalue weighted by Crippen LogP contribution is 2.41. The molecule has 0 aliphatic rings. The predicted molar refractivity (Wildman–Crippen MR) is 109 cm³/mol. The van der Waals surface area contributed by atoms with Crippen molar-refractivity contribution >= 4 is 43.5 Å². The Morgan fingerprint density at radius 1 is 1.11 bits per heavy atom. The van der Waals surface area contributed by atoms with Gasteiger partial charge >= 0.3 is 6.18 Å². The molecule has 2 aromatic rings. The third kappa shape index (κ3) is 5.48. The monoisotopic (exact) mass is 522 g/mol. The van der Waals surface area contributed by atoms with Crippen LogP contribution in [0.2, 0.25) is 0 Å². The molecule has 0 fully saturated rings. The van der Waals surface area contributed by atoms with Gasteiger partial charge in [0, 0.05) is 28.1 Å². The molecule has 0 aliphatic heterocycles. The van der Waals surface area contributed by atoms with Crippen molar-refractivity contribution in [3.63, 3.8) is 0 Å². The Kier molecular flexibility index (Phi) is 7.17. The van der Waals surface area contributed by atoms with Crippen LogP contribution in [-0.4, -0.2) is 23.7 Å². The van der Waals surface area contributed by atoms with Crippen molar-refractivity contribution in [3.05, 3.63) is 62.0 Å². The van der Waals surface area contributed by atoms with Crippen molar-refractivity contribution in [2.45, 2.75) is 32.2 Å². The van der Waals surface area contributed by atoms with Gasteiger partial charge in [-0.2, -0.15) is 13.2 Å².